The van der Waals surface area contributed by atoms with E-state index in [0.717, 1.165) is 24.1 Å². The Kier molecular flexibility index (Phi) is 5.39. The van der Waals surface area contributed by atoms with Crippen LogP contribution >= 0.6 is 0 Å². The van der Waals surface area contributed by atoms with Crippen LogP contribution in [0.2, 0.25) is 0 Å². The van der Waals surface area contributed by atoms with E-state index in [4.69, 9.17) is 4.74 Å². The number of carbonyl (C=O) groups is 2. The highest BCUT2D eigenvalue weighted by atomic mass is 19.1. The van der Waals surface area contributed by atoms with Gasteiger partial charge in [-0.1, -0.05) is 24.3 Å². The molecule has 2 fully saturated rings. The molecule has 0 radical (unpaired) electrons. The van der Waals surface area contributed by atoms with E-state index in [-0.39, 0.29) is 23.7 Å². The van der Waals surface area contributed by atoms with Gasteiger partial charge in [0.2, 0.25) is 5.91 Å². The minimum atomic E-state index is -0.291. The summed E-state index contributed by atoms with van der Waals surface area (Å²) in [5, 5.41) is 0. The minimum Gasteiger partial charge on any atom is -0.370 e. The first-order valence-electron chi connectivity index (χ1n) is 9.63. The van der Waals surface area contributed by atoms with Crippen LogP contribution in [0.5, 0.6) is 0 Å². The van der Waals surface area contributed by atoms with Gasteiger partial charge >= 0.3 is 0 Å². The zero-order valence-electron chi connectivity index (χ0n) is 15.6. The first-order chi connectivity index (χ1) is 13.6. The summed E-state index contributed by atoms with van der Waals surface area (Å²) >= 11 is 0. The summed E-state index contributed by atoms with van der Waals surface area (Å²) in [5.74, 6) is -0.169. The van der Waals surface area contributed by atoms with Crippen molar-refractivity contribution in [3.05, 3.63) is 71.0 Å². The van der Waals surface area contributed by atoms with Gasteiger partial charge in [-0.3, -0.25) is 9.59 Å². The molecule has 6 heteroatoms. The molecule has 0 N–H and O–H groups in total. The molecule has 2 aromatic rings. The van der Waals surface area contributed by atoms with Crippen LogP contribution < -0.4 is 0 Å². The van der Waals surface area contributed by atoms with Crippen LogP contribution in [0.15, 0.2) is 48.5 Å². The van der Waals surface area contributed by atoms with Gasteiger partial charge in [-0.05, 0) is 41.8 Å². The number of hydrogen-bond donors (Lipinski definition) is 0. The van der Waals surface area contributed by atoms with E-state index in [1.807, 2.05) is 23.1 Å². The van der Waals surface area contributed by atoms with Gasteiger partial charge in [0, 0.05) is 31.6 Å². The molecule has 1 unspecified atom stereocenters. The van der Waals surface area contributed by atoms with Gasteiger partial charge in [0.05, 0.1) is 13.2 Å². The van der Waals surface area contributed by atoms with Gasteiger partial charge in [0.1, 0.15) is 11.9 Å². The van der Waals surface area contributed by atoms with Crippen molar-refractivity contribution in [3.8, 4) is 0 Å². The fraction of sp³-hybridized carbons (Fsp3) is 0.364. The second-order valence-electron chi connectivity index (χ2n) is 7.28. The van der Waals surface area contributed by atoms with E-state index in [1.165, 1.54) is 12.1 Å². The molecule has 0 aliphatic carbocycles. The molecular weight excluding hydrogens is 359 g/mol. The summed E-state index contributed by atoms with van der Waals surface area (Å²) in [6.45, 7) is 2.71. The van der Waals surface area contributed by atoms with Crippen molar-refractivity contribution < 1.29 is 18.7 Å². The number of benzene rings is 2. The highest BCUT2D eigenvalue weighted by molar-refractivity contribution is 5.94. The predicted octanol–water partition coefficient (Wildman–Crippen LogP) is 3.16. The maximum Gasteiger partial charge on any atom is 0.254 e. The maximum absolute atomic E-state index is 13.2. The van der Waals surface area contributed by atoms with Gasteiger partial charge in [0.15, 0.2) is 0 Å². The summed E-state index contributed by atoms with van der Waals surface area (Å²) in [4.78, 5) is 28.5. The fourth-order valence-corrected chi connectivity index (χ4v) is 3.79. The van der Waals surface area contributed by atoms with Crippen LogP contribution in [0.4, 0.5) is 4.39 Å². The van der Waals surface area contributed by atoms with Gasteiger partial charge < -0.3 is 14.5 Å². The second-order valence-corrected chi connectivity index (χ2v) is 7.28. The van der Waals surface area contributed by atoms with Crippen molar-refractivity contribution in [1.82, 2.24) is 9.80 Å². The van der Waals surface area contributed by atoms with Crippen molar-refractivity contribution in [3.63, 3.8) is 0 Å². The molecular formula is C22H23FN2O3. The zero-order valence-corrected chi connectivity index (χ0v) is 15.6. The molecule has 0 bridgehead atoms. The summed E-state index contributed by atoms with van der Waals surface area (Å²) in [5.41, 5.74) is 2.44. The van der Waals surface area contributed by atoms with Gasteiger partial charge in [-0.2, -0.15) is 0 Å². The van der Waals surface area contributed by atoms with Crippen molar-refractivity contribution in [2.24, 2.45) is 0 Å². The average Bonchev–Trinajstić information content (AvgIpc) is 3.13. The van der Waals surface area contributed by atoms with Crippen LogP contribution in [-0.2, 0) is 16.1 Å². The topological polar surface area (TPSA) is 49.9 Å². The molecule has 2 aliphatic heterocycles. The predicted molar refractivity (Wildman–Crippen MR) is 102 cm³/mol. The highest BCUT2D eigenvalue weighted by Gasteiger charge is 2.26. The number of rotatable bonds is 4. The highest BCUT2D eigenvalue weighted by Crippen LogP contribution is 2.24. The number of morpholine rings is 1. The molecule has 2 aliphatic rings. The molecule has 2 saturated heterocycles. The molecule has 4 rings (SSSR count). The lowest BCUT2D eigenvalue weighted by atomic mass is 10.1. The third-order valence-corrected chi connectivity index (χ3v) is 5.31. The Morgan fingerprint density at radius 2 is 1.96 bits per heavy atom. The normalized spacial score (nSPS) is 19.9. The lowest BCUT2D eigenvalue weighted by Gasteiger charge is -2.33. The van der Waals surface area contributed by atoms with E-state index in [2.05, 4.69) is 0 Å². The molecule has 1 atom stereocenters. The smallest absolute Gasteiger partial charge is 0.254 e. The van der Waals surface area contributed by atoms with Crippen molar-refractivity contribution in [2.45, 2.75) is 25.5 Å². The summed E-state index contributed by atoms with van der Waals surface area (Å²) in [6, 6.07) is 13.7. The number of halogens is 1. The Hall–Kier alpha value is -2.73. The Bertz CT molecular complexity index is 868. The lowest BCUT2D eigenvalue weighted by Crippen LogP contribution is -2.42. The van der Waals surface area contributed by atoms with E-state index in [0.29, 0.717) is 38.2 Å². The van der Waals surface area contributed by atoms with Crippen LogP contribution in [0.25, 0.3) is 0 Å². The third-order valence-electron chi connectivity index (χ3n) is 5.31. The molecule has 5 nitrogen and oxygen atoms in total. The Labute approximate surface area is 163 Å². The van der Waals surface area contributed by atoms with Gasteiger partial charge in [-0.25, -0.2) is 4.39 Å². The number of likely N-dealkylation sites (tertiary alicyclic amines) is 1. The number of nitrogens with zero attached hydrogens (tertiary/aromatic N) is 2. The summed E-state index contributed by atoms with van der Waals surface area (Å²) in [6.07, 6.45) is 1.25. The van der Waals surface area contributed by atoms with Crippen molar-refractivity contribution in [2.75, 3.05) is 26.2 Å². The average molecular weight is 382 g/mol. The van der Waals surface area contributed by atoms with Crippen molar-refractivity contribution in [1.29, 1.82) is 0 Å². The quantitative estimate of drug-likeness (QED) is 0.816. The van der Waals surface area contributed by atoms with E-state index < -0.39 is 0 Å². The molecule has 146 valence electrons. The number of carbonyl (C=O) groups excluding carboxylic acids is 2. The second kappa shape index (κ2) is 8.10. The van der Waals surface area contributed by atoms with Crippen LogP contribution in [-0.4, -0.2) is 47.9 Å². The number of ether oxygens (including phenoxy) is 1. The lowest BCUT2D eigenvalue weighted by molar-refractivity contribution is -0.128. The van der Waals surface area contributed by atoms with Gasteiger partial charge in [-0.15, -0.1) is 0 Å². The van der Waals surface area contributed by atoms with Gasteiger partial charge in [0.25, 0.3) is 5.91 Å². The van der Waals surface area contributed by atoms with Crippen LogP contribution in [0, 0.1) is 5.82 Å². The Morgan fingerprint density at radius 3 is 2.71 bits per heavy atom. The Balaban J connectivity index is 1.45. The minimum absolute atomic E-state index is 0.0509. The fourth-order valence-electron chi connectivity index (χ4n) is 3.79. The zero-order chi connectivity index (χ0) is 19.5. The molecule has 2 amide bonds. The molecule has 2 aromatic carbocycles. The number of hydrogen-bond acceptors (Lipinski definition) is 3. The summed E-state index contributed by atoms with van der Waals surface area (Å²) < 4.78 is 18.9. The first kappa shape index (κ1) is 18.6. The molecule has 28 heavy (non-hydrogen) atoms. The van der Waals surface area contributed by atoms with Crippen LogP contribution in [0.3, 0.4) is 0 Å². The largest absolute Gasteiger partial charge is 0.370 e. The SMILES string of the molecule is O=C1CCCN1Cc1cccc(C(=O)N2CCOC(c3ccc(F)cc3)C2)c1. The Morgan fingerprint density at radius 1 is 1.14 bits per heavy atom. The van der Waals surface area contributed by atoms with E-state index in [9.17, 15) is 14.0 Å². The number of amides is 2. The summed E-state index contributed by atoms with van der Waals surface area (Å²) in [7, 11) is 0. The van der Waals surface area contributed by atoms with Crippen molar-refractivity contribution >= 4 is 11.8 Å². The molecule has 0 aromatic heterocycles. The molecule has 0 saturated carbocycles. The monoisotopic (exact) mass is 382 g/mol. The third kappa shape index (κ3) is 4.07. The standard InChI is InChI=1S/C22H23FN2O3/c23-19-8-6-17(7-9-19)20-15-25(11-12-28-20)22(27)18-4-1-3-16(13-18)14-24-10-2-5-21(24)26/h1,3-4,6-9,13,20H,2,5,10-12,14-15H2. The maximum atomic E-state index is 13.2. The van der Waals surface area contributed by atoms with E-state index >= 15 is 0 Å². The first-order valence-corrected chi connectivity index (χ1v) is 9.63. The molecule has 2 heterocycles. The molecule has 0 spiro atoms. The van der Waals surface area contributed by atoms with E-state index in [1.54, 1.807) is 23.1 Å². The van der Waals surface area contributed by atoms with Crippen LogP contribution in [0.1, 0.15) is 40.4 Å².